The van der Waals surface area contributed by atoms with E-state index < -0.39 is 0 Å². The molecule has 5 aliphatic rings. The highest BCUT2D eigenvalue weighted by Crippen LogP contribution is 2.51. The van der Waals surface area contributed by atoms with Gasteiger partial charge in [-0.25, -0.2) is 0 Å². The van der Waals surface area contributed by atoms with Crippen molar-refractivity contribution in [3.05, 3.63) is 291 Å². The fourth-order valence-electron chi connectivity index (χ4n) is 13.5. The smallest absolute Gasteiger partial charge is 0.252 e. The number of hydrogen-bond donors (Lipinski definition) is 1. The summed E-state index contributed by atoms with van der Waals surface area (Å²) in [7, 11) is 0. The van der Waals surface area contributed by atoms with Gasteiger partial charge in [-0.3, -0.25) is 0 Å². The summed E-state index contributed by atoms with van der Waals surface area (Å²) in [5, 5.41) is 3.87. The van der Waals surface area contributed by atoms with Crippen molar-refractivity contribution in [1.29, 1.82) is 0 Å². The highest BCUT2D eigenvalue weighted by molar-refractivity contribution is 7.03. The van der Waals surface area contributed by atoms with Gasteiger partial charge in [0.2, 0.25) is 0 Å². The first-order valence-electron chi connectivity index (χ1n) is 27.9. The molecule has 0 aromatic heterocycles. The lowest BCUT2D eigenvalue weighted by molar-refractivity contribution is 0.997. The summed E-state index contributed by atoms with van der Waals surface area (Å²) >= 11 is 0. The number of fused-ring (bicyclic) bond motifs is 8. The molecule has 376 valence electrons. The van der Waals surface area contributed by atoms with E-state index in [9.17, 15) is 0 Å². The molecule has 8 heteroatoms. The Balaban J connectivity index is 1.02. The van der Waals surface area contributed by atoms with Crippen LogP contribution in [0.4, 0.5) is 91.0 Å². The molecule has 0 spiro atoms. The molecule has 1 N–H and O–H groups in total. The van der Waals surface area contributed by atoms with Crippen molar-refractivity contribution in [2.24, 2.45) is 0 Å². The highest BCUT2D eigenvalue weighted by Gasteiger charge is 2.48. The molecule has 80 heavy (non-hydrogen) atoms. The standard InChI is InChI=1S/C72H52B2N6/c1-8-26-50(27-9-1)75-51-44-67-71-68(45-51)79(56-36-18-6-19-37-56)65-49-66-62(48-61(65)73(71)59-40-22-24-42-63(59)77(67)54-32-14-4-15-33-54)74-60-41-23-25-43-64(60)78(55-34-16-5-17-35-55)69-46-58(47-70(72(69)74)80(66)57-38-20-7-21-39-57)76(52-28-10-2-11-29-52)53-30-12-3-13-31-53/h1-2,4-12,14-49,75H,3,13H2. The van der Waals surface area contributed by atoms with E-state index >= 15 is 0 Å². The molecule has 4 heterocycles. The van der Waals surface area contributed by atoms with Gasteiger partial charge < -0.3 is 29.8 Å². The van der Waals surface area contributed by atoms with Crippen LogP contribution in [0.5, 0.6) is 0 Å². The van der Waals surface area contributed by atoms with Crippen LogP contribution in [0.1, 0.15) is 12.8 Å². The van der Waals surface area contributed by atoms with Gasteiger partial charge >= 0.3 is 0 Å². The van der Waals surface area contributed by atoms with E-state index in [0.717, 1.165) is 92.5 Å². The lowest BCUT2D eigenvalue weighted by atomic mass is 9.30. The van der Waals surface area contributed by atoms with E-state index in [-0.39, 0.29) is 13.4 Å². The zero-order chi connectivity index (χ0) is 52.7. The minimum absolute atomic E-state index is 0.105. The molecule has 0 amide bonds. The molecule has 4 aliphatic heterocycles. The van der Waals surface area contributed by atoms with Crippen LogP contribution in [0.3, 0.4) is 0 Å². The van der Waals surface area contributed by atoms with Crippen molar-refractivity contribution in [2.75, 3.05) is 29.8 Å². The molecular formula is C72H52B2N6. The SMILES string of the molecule is C1=CC(N(c2ccccc2)c2cc3c4c(c2)N(c2ccccc2)c2cc5c(cc2B4c2ccccc2N3c2ccccc2)B2c3ccccc3N(c3ccccc3)c3cc(Nc4ccccc4)cc(c32)N5c2ccccc2)=CCC1. The Bertz CT molecular complexity index is 4250. The van der Waals surface area contributed by atoms with Gasteiger partial charge in [-0.1, -0.05) is 164 Å². The zero-order valence-electron chi connectivity index (χ0n) is 43.9. The summed E-state index contributed by atoms with van der Waals surface area (Å²) in [5.41, 5.74) is 26.8. The van der Waals surface area contributed by atoms with E-state index in [4.69, 9.17) is 0 Å². The largest absolute Gasteiger partial charge is 0.355 e. The van der Waals surface area contributed by atoms with Crippen LogP contribution in [0, 0.1) is 0 Å². The van der Waals surface area contributed by atoms with E-state index in [0.29, 0.717) is 0 Å². The van der Waals surface area contributed by atoms with Gasteiger partial charge in [0.05, 0.1) is 5.69 Å². The molecule has 11 aromatic carbocycles. The maximum atomic E-state index is 3.87. The minimum atomic E-state index is -0.118. The van der Waals surface area contributed by atoms with Crippen LogP contribution < -0.4 is 62.6 Å². The zero-order valence-corrected chi connectivity index (χ0v) is 43.9. The maximum Gasteiger partial charge on any atom is 0.252 e. The Labute approximate surface area is 468 Å². The maximum absolute atomic E-state index is 3.87. The van der Waals surface area contributed by atoms with Crippen molar-refractivity contribution in [3.8, 4) is 0 Å². The second-order valence-electron chi connectivity index (χ2n) is 21.2. The molecule has 0 fully saturated rings. The molecule has 0 saturated carbocycles. The van der Waals surface area contributed by atoms with E-state index in [2.05, 4.69) is 315 Å². The fraction of sp³-hybridized carbons (Fsp3) is 0.0278. The number of anilines is 16. The van der Waals surface area contributed by atoms with Crippen LogP contribution in [-0.4, -0.2) is 13.4 Å². The van der Waals surface area contributed by atoms with Crippen LogP contribution in [0.2, 0.25) is 0 Å². The number of rotatable bonds is 9. The number of hydrogen-bond acceptors (Lipinski definition) is 6. The summed E-state index contributed by atoms with van der Waals surface area (Å²) in [4.78, 5) is 12.6. The third kappa shape index (κ3) is 7.29. The molecule has 0 saturated heterocycles. The molecule has 0 bridgehead atoms. The van der Waals surface area contributed by atoms with Crippen molar-refractivity contribution in [2.45, 2.75) is 12.8 Å². The summed E-state index contributed by atoms with van der Waals surface area (Å²) in [6.45, 7) is -0.223. The van der Waals surface area contributed by atoms with Gasteiger partial charge in [0.1, 0.15) is 0 Å². The van der Waals surface area contributed by atoms with Crippen molar-refractivity contribution < 1.29 is 0 Å². The normalized spacial score (nSPS) is 14.0. The van der Waals surface area contributed by atoms with E-state index in [1.54, 1.807) is 0 Å². The average Bonchev–Trinajstić information content (AvgIpc) is 3.32. The van der Waals surface area contributed by atoms with Crippen LogP contribution in [0.25, 0.3) is 0 Å². The summed E-state index contributed by atoms with van der Waals surface area (Å²) < 4.78 is 0. The number of para-hydroxylation sites is 8. The van der Waals surface area contributed by atoms with Gasteiger partial charge in [0.15, 0.2) is 0 Å². The molecule has 0 atom stereocenters. The predicted molar refractivity (Wildman–Crippen MR) is 339 cm³/mol. The number of allylic oxidation sites excluding steroid dienone is 3. The second-order valence-corrected chi connectivity index (χ2v) is 21.2. The van der Waals surface area contributed by atoms with E-state index in [1.807, 2.05) is 0 Å². The molecule has 0 radical (unpaired) electrons. The van der Waals surface area contributed by atoms with Gasteiger partial charge in [0, 0.05) is 91.0 Å². The molecule has 1 aliphatic carbocycles. The van der Waals surface area contributed by atoms with Crippen molar-refractivity contribution in [3.63, 3.8) is 0 Å². The minimum Gasteiger partial charge on any atom is -0.355 e. The predicted octanol–water partition coefficient (Wildman–Crippen LogP) is 15.0. The summed E-state index contributed by atoms with van der Waals surface area (Å²) in [5.74, 6) is 0. The summed E-state index contributed by atoms with van der Waals surface area (Å²) in [6, 6.07) is 98.5. The number of nitrogens with zero attached hydrogens (tertiary/aromatic N) is 5. The van der Waals surface area contributed by atoms with Gasteiger partial charge in [0.25, 0.3) is 13.4 Å². The Hall–Kier alpha value is -10.2. The van der Waals surface area contributed by atoms with Crippen molar-refractivity contribution in [1.82, 2.24) is 0 Å². The Morgan fingerprint density at radius 2 is 0.713 bits per heavy atom. The van der Waals surface area contributed by atoms with Gasteiger partial charge in [-0.05, 0) is 167 Å². The highest BCUT2D eigenvalue weighted by atomic mass is 15.2. The van der Waals surface area contributed by atoms with Crippen molar-refractivity contribution >= 4 is 137 Å². The number of nitrogens with one attached hydrogen (secondary N) is 1. The second kappa shape index (κ2) is 18.8. The van der Waals surface area contributed by atoms with Gasteiger partial charge in [-0.15, -0.1) is 0 Å². The Kier molecular flexibility index (Phi) is 10.8. The molecule has 0 unspecified atom stereocenters. The lowest BCUT2D eigenvalue weighted by Gasteiger charge is -2.47. The lowest BCUT2D eigenvalue weighted by Crippen LogP contribution is -2.65. The number of benzene rings is 11. The van der Waals surface area contributed by atoms with E-state index in [1.165, 1.54) is 49.8 Å². The Morgan fingerprint density at radius 1 is 0.312 bits per heavy atom. The monoisotopic (exact) mass is 1020 g/mol. The average molecular weight is 1020 g/mol. The fourth-order valence-corrected chi connectivity index (χ4v) is 13.5. The van der Waals surface area contributed by atoms with Gasteiger partial charge in [-0.2, -0.15) is 0 Å². The molecular weight excluding hydrogens is 970 g/mol. The first-order chi connectivity index (χ1) is 39.7. The first kappa shape index (κ1) is 46.0. The quantitative estimate of drug-likeness (QED) is 0.145. The van der Waals surface area contributed by atoms with Crippen LogP contribution >= 0.6 is 0 Å². The third-order valence-electron chi connectivity index (χ3n) is 16.7. The molecule has 6 nitrogen and oxygen atoms in total. The third-order valence-corrected chi connectivity index (χ3v) is 16.7. The van der Waals surface area contributed by atoms with Crippen LogP contribution in [0.15, 0.2) is 291 Å². The first-order valence-corrected chi connectivity index (χ1v) is 27.9. The topological polar surface area (TPSA) is 28.2 Å². The molecule has 11 aromatic rings. The summed E-state index contributed by atoms with van der Waals surface area (Å²) in [6.07, 6.45) is 9.02. The molecule has 16 rings (SSSR count). The Morgan fingerprint density at radius 3 is 1.16 bits per heavy atom. The van der Waals surface area contributed by atoms with Crippen LogP contribution in [-0.2, 0) is 0 Å².